The van der Waals surface area contributed by atoms with Crippen LogP contribution < -0.4 is 4.90 Å². The molecule has 0 saturated heterocycles. The SMILES string of the molecule is c1ccc(-c2ccc(N(c3cccc(C4(c5ccccc5)c5ccccc5-c5ccccc54)c3)c3cccc4c3oc3cc5ccccc5cc34)cc2)cc1. The van der Waals surface area contributed by atoms with Crippen LogP contribution in [0.1, 0.15) is 22.3 Å². The van der Waals surface area contributed by atoms with Crippen molar-refractivity contribution < 1.29 is 4.42 Å². The first kappa shape index (κ1) is 31.4. The van der Waals surface area contributed by atoms with Gasteiger partial charge in [0.15, 0.2) is 5.58 Å². The topological polar surface area (TPSA) is 16.4 Å². The molecule has 0 fully saturated rings. The summed E-state index contributed by atoms with van der Waals surface area (Å²) in [6, 6.07) is 77.0. The molecule has 0 bridgehead atoms. The van der Waals surface area contributed by atoms with E-state index in [4.69, 9.17) is 4.42 Å². The molecule has 0 unspecified atom stereocenters. The molecule has 0 amide bonds. The fourth-order valence-corrected chi connectivity index (χ4v) is 9.10. The number of anilines is 3. The lowest BCUT2D eigenvalue weighted by molar-refractivity contribution is 0.669. The monoisotopic (exact) mass is 701 g/mol. The van der Waals surface area contributed by atoms with E-state index in [1.165, 1.54) is 55.3 Å². The zero-order valence-corrected chi connectivity index (χ0v) is 30.1. The Morgan fingerprint density at radius 3 is 1.69 bits per heavy atom. The maximum absolute atomic E-state index is 6.88. The van der Waals surface area contributed by atoms with Gasteiger partial charge in [0, 0.05) is 22.1 Å². The van der Waals surface area contributed by atoms with Gasteiger partial charge in [-0.3, -0.25) is 0 Å². The van der Waals surface area contributed by atoms with Gasteiger partial charge in [-0.15, -0.1) is 0 Å². The summed E-state index contributed by atoms with van der Waals surface area (Å²) in [5, 5.41) is 4.58. The highest BCUT2D eigenvalue weighted by atomic mass is 16.3. The van der Waals surface area contributed by atoms with Gasteiger partial charge in [-0.2, -0.15) is 0 Å². The van der Waals surface area contributed by atoms with E-state index in [-0.39, 0.29) is 0 Å². The van der Waals surface area contributed by atoms with E-state index in [2.05, 4.69) is 217 Å². The van der Waals surface area contributed by atoms with Crippen LogP contribution >= 0.6 is 0 Å². The van der Waals surface area contributed by atoms with Crippen LogP contribution in [0.2, 0.25) is 0 Å². The number of rotatable bonds is 6. The lowest BCUT2D eigenvalue weighted by Gasteiger charge is -2.35. The molecule has 11 rings (SSSR count). The largest absolute Gasteiger partial charge is 0.454 e. The lowest BCUT2D eigenvalue weighted by Crippen LogP contribution is -2.28. The molecule has 2 heteroatoms. The Labute approximate surface area is 320 Å². The van der Waals surface area contributed by atoms with E-state index in [0.29, 0.717) is 0 Å². The summed E-state index contributed by atoms with van der Waals surface area (Å²) in [4.78, 5) is 2.37. The van der Waals surface area contributed by atoms with Crippen LogP contribution in [0.15, 0.2) is 217 Å². The highest BCUT2D eigenvalue weighted by Crippen LogP contribution is 2.56. The Kier molecular flexibility index (Phi) is 7.11. The van der Waals surface area contributed by atoms with Gasteiger partial charge in [-0.25, -0.2) is 0 Å². The van der Waals surface area contributed by atoms with Gasteiger partial charge in [0.25, 0.3) is 0 Å². The van der Waals surface area contributed by atoms with E-state index in [0.717, 1.165) is 39.0 Å². The van der Waals surface area contributed by atoms with Crippen LogP contribution in [-0.4, -0.2) is 0 Å². The number of para-hydroxylation sites is 1. The second-order valence-electron chi connectivity index (χ2n) is 14.5. The highest BCUT2D eigenvalue weighted by molar-refractivity contribution is 6.13. The molecule has 10 aromatic rings. The Bertz CT molecular complexity index is 2990. The van der Waals surface area contributed by atoms with Crippen molar-refractivity contribution in [2.24, 2.45) is 0 Å². The number of benzene rings is 9. The molecule has 0 atom stereocenters. The van der Waals surface area contributed by atoms with E-state index >= 15 is 0 Å². The second-order valence-corrected chi connectivity index (χ2v) is 14.5. The zero-order valence-electron chi connectivity index (χ0n) is 30.1. The van der Waals surface area contributed by atoms with Gasteiger partial charge in [-0.05, 0) is 97.7 Å². The van der Waals surface area contributed by atoms with Crippen LogP contribution in [0.4, 0.5) is 17.1 Å². The maximum Gasteiger partial charge on any atom is 0.159 e. The normalized spacial score (nSPS) is 12.9. The second kappa shape index (κ2) is 12.5. The number of hydrogen-bond donors (Lipinski definition) is 0. The third kappa shape index (κ3) is 4.82. The third-order valence-corrected chi connectivity index (χ3v) is 11.5. The number of furan rings is 1. The summed E-state index contributed by atoms with van der Waals surface area (Å²) in [7, 11) is 0. The molecule has 1 aromatic heterocycles. The zero-order chi connectivity index (χ0) is 36.3. The molecule has 1 aliphatic carbocycles. The van der Waals surface area contributed by atoms with E-state index in [1.807, 2.05) is 0 Å². The van der Waals surface area contributed by atoms with Crippen LogP contribution in [0.25, 0.3) is 55.0 Å². The summed E-state index contributed by atoms with van der Waals surface area (Å²) in [6.45, 7) is 0. The first-order valence-electron chi connectivity index (χ1n) is 18.9. The van der Waals surface area contributed by atoms with E-state index in [9.17, 15) is 0 Å². The van der Waals surface area contributed by atoms with Crippen LogP contribution in [0.3, 0.4) is 0 Å². The Morgan fingerprint density at radius 2 is 0.964 bits per heavy atom. The van der Waals surface area contributed by atoms with E-state index < -0.39 is 5.41 Å². The third-order valence-electron chi connectivity index (χ3n) is 11.5. The van der Waals surface area contributed by atoms with Crippen LogP contribution in [-0.2, 0) is 5.41 Å². The van der Waals surface area contributed by atoms with Gasteiger partial charge in [0.05, 0.1) is 11.1 Å². The van der Waals surface area contributed by atoms with Crippen molar-refractivity contribution in [3.05, 3.63) is 235 Å². The minimum Gasteiger partial charge on any atom is -0.454 e. The number of nitrogens with zero attached hydrogens (tertiary/aromatic N) is 1. The van der Waals surface area contributed by atoms with Crippen molar-refractivity contribution in [2.75, 3.05) is 4.90 Å². The first-order chi connectivity index (χ1) is 27.3. The molecular formula is C53H35NO. The summed E-state index contributed by atoms with van der Waals surface area (Å²) < 4.78 is 6.88. The Hall–Kier alpha value is -7.16. The van der Waals surface area contributed by atoms with Crippen molar-refractivity contribution in [2.45, 2.75) is 5.41 Å². The molecule has 2 nitrogen and oxygen atoms in total. The molecule has 0 saturated carbocycles. The predicted molar refractivity (Wildman–Crippen MR) is 229 cm³/mol. The summed E-state index contributed by atoms with van der Waals surface area (Å²) in [5.41, 5.74) is 14.3. The van der Waals surface area contributed by atoms with Crippen molar-refractivity contribution in [3.8, 4) is 22.3 Å². The standard InChI is InChI=1S/C53H35NO/c1-3-15-36(16-4-1)37-29-31-42(32-30-37)54(50-28-14-25-46-47-33-38-17-7-8-18-39(38)34-51(47)55-52(46)50)43-22-13-21-41(35-43)53(40-19-5-2-6-20-40)48-26-11-9-23-44(48)45-24-10-12-27-49(45)53/h1-35H. The predicted octanol–water partition coefficient (Wildman–Crippen LogP) is 14.2. The van der Waals surface area contributed by atoms with Crippen LogP contribution in [0, 0.1) is 0 Å². The maximum atomic E-state index is 6.88. The van der Waals surface area contributed by atoms with Crippen molar-refractivity contribution in [1.29, 1.82) is 0 Å². The lowest BCUT2D eigenvalue weighted by atomic mass is 9.67. The van der Waals surface area contributed by atoms with Gasteiger partial charge in [0.2, 0.25) is 0 Å². The Morgan fingerprint density at radius 1 is 0.382 bits per heavy atom. The molecule has 0 N–H and O–H groups in total. The first-order valence-corrected chi connectivity index (χ1v) is 18.9. The molecule has 1 heterocycles. The fraction of sp³-hybridized carbons (Fsp3) is 0.0189. The quantitative estimate of drug-likeness (QED) is 0.172. The number of fused-ring (bicyclic) bond motifs is 7. The van der Waals surface area contributed by atoms with Gasteiger partial charge < -0.3 is 9.32 Å². The molecule has 0 aliphatic heterocycles. The minimum atomic E-state index is -0.515. The van der Waals surface area contributed by atoms with Gasteiger partial charge in [-0.1, -0.05) is 170 Å². The minimum absolute atomic E-state index is 0.515. The molecule has 1 aliphatic rings. The Balaban J connectivity index is 1.17. The average molecular weight is 702 g/mol. The van der Waals surface area contributed by atoms with Gasteiger partial charge >= 0.3 is 0 Å². The van der Waals surface area contributed by atoms with Crippen molar-refractivity contribution in [1.82, 2.24) is 0 Å². The molecule has 0 radical (unpaired) electrons. The molecule has 0 spiro atoms. The van der Waals surface area contributed by atoms with Crippen LogP contribution in [0.5, 0.6) is 0 Å². The fourth-order valence-electron chi connectivity index (χ4n) is 9.10. The van der Waals surface area contributed by atoms with Crippen molar-refractivity contribution >= 4 is 49.8 Å². The number of hydrogen-bond acceptors (Lipinski definition) is 2. The molecule has 55 heavy (non-hydrogen) atoms. The van der Waals surface area contributed by atoms with Crippen molar-refractivity contribution in [3.63, 3.8) is 0 Å². The summed E-state index contributed by atoms with van der Waals surface area (Å²) >= 11 is 0. The molecule has 258 valence electrons. The molecular weight excluding hydrogens is 667 g/mol. The summed E-state index contributed by atoms with van der Waals surface area (Å²) in [6.07, 6.45) is 0. The van der Waals surface area contributed by atoms with Gasteiger partial charge in [0.1, 0.15) is 5.58 Å². The highest BCUT2D eigenvalue weighted by Gasteiger charge is 2.46. The summed E-state index contributed by atoms with van der Waals surface area (Å²) in [5.74, 6) is 0. The average Bonchev–Trinajstić information content (AvgIpc) is 3.78. The van der Waals surface area contributed by atoms with E-state index in [1.54, 1.807) is 0 Å². The smallest absolute Gasteiger partial charge is 0.159 e. The molecule has 9 aromatic carbocycles.